The topological polar surface area (TPSA) is 220 Å². The lowest BCUT2D eigenvalue weighted by Crippen LogP contribution is -2.36. The van der Waals surface area contributed by atoms with Crippen LogP contribution in [0.3, 0.4) is 0 Å². The van der Waals surface area contributed by atoms with Crippen molar-refractivity contribution >= 4 is 18.0 Å². The van der Waals surface area contributed by atoms with Crippen LogP contribution >= 0.6 is 0 Å². The molecule has 0 unspecified atom stereocenters. The van der Waals surface area contributed by atoms with Crippen molar-refractivity contribution in [2.45, 2.75) is 38.8 Å². The molecule has 0 bridgehead atoms. The second kappa shape index (κ2) is 13.1. The standard InChI is InChI=1S/C6H13N3O3.C5H10N4O2/c7-4(5(10)11)2-1-3-9-6(8)12;1-3(2)4(6)5(10)11-9-8-7/h4H,1-3,7H2,(H,10,11)(H3,8,9,12);3-4H,6H2,1-2H3/t2*4-/m00/s1. The van der Waals surface area contributed by atoms with Gasteiger partial charge < -0.3 is 32.5 Å². The summed E-state index contributed by atoms with van der Waals surface area (Å²) in [5.41, 5.74) is 23.1. The molecule has 0 aromatic rings. The Bertz CT molecular complexity index is 436. The number of amides is 2. The SMILES string of the molecule is CC(C)[C@H](N)C(=O)ON=[N+]=[N-].NC(=O)NCCC[C@H](N)C(=O)O. The van der Waals surface area contributed by atoms with E-state index in [1.54, 1.807) is 13.8 Å². The van der Waals surface area contributed by atoms with Gasteiger partial charge in [-0.1, -0.05) is 13.8 Å². The third kappa shape index (κ3) is 14.2. The molecule has 0 aromatic heterocycles. The third-order valence-corrected chi connectivity index (χ3v) is 2.47. The quantitative estimate of drug-likeness (QED) is 0.130. The maximum atomic E-state index is 10.7. The summed E-state index contributed by atoms with van der Waals surface area (Å²) in [6, 6.07) is -2.21. The van der Waals surface area contributed by atoms with Gasteiger partial charge in [-0.2, -0.15) is 0 Å². The number of azide groups is 1. The molecule has 12 heteroatoms. The molecule has 23 heavy (non-hydrogen) atoms. The van der Waals surface area contributed by atoms with Crippen LogP contribution in [0.1, 0.15) is 26.7 Å². The molecule has 2 atom stereocenters. The number of rotatable bonds is 8. The number of primary amides is 1. The van der Waals surface area contributed by atoms with Gasteiger partial charge in [-0.15, -0.1) is 0 Å². The van der Waals surface area contributed by atoms with Gasteiger partial charge in [0, 0.05) is 11.5 Å². The molecule has 0 aromatic carbocycles. The van der Waals surface area contributed by atoms with Crippen LogP contribution in [-0.4, -0.2) is 41.7 Å². The monoisotopic (exact) mass is 333 g/mol. The van der Waals surface area contributed by atoms with E-state index in [1.807, 2.05) is 0 Å². The number of hydrogen-bond acceptors (Lipinski definition) is 7. The maximum absolute atomic E-state index is 10.7. The minimum Gasteiger partial charge on any atom is -0.480 e. The van der Waals surface area contributed by atoms with Gasteiger partial charge in [0.15, 0.2) is 0 Å². The molecular formula is C11H23N7O5. The summed E-state index contributed by atoms with van der Waals surface area (Å²) in [5, 5.41) is 13.3. The molecule has 2 amide bonds. The van der Waals surface area contributed by atoms with E-state index in [0.717, 1.165) is 0 Å². The van der Waals surface area contributed by atoms with Crippen LogP contribution < -0.4 is 22.5 Å². The molecule has 0 radical (unpaired) electrons. The molecule has 0 saturated heterocycles. The zero-order valence-corrected chi connectivity index (χ0v) is 13.0. The van der Waals surface area contributed by atoms with Crippen molar-refractivity contribution in [3.05, 3.63) is 10.4 Å². The highest BCUT2D eigenvalue weighted by Crippen LogP contribution is 2.00. The molecule has 0 aliphatic carbocycles. The lowest BCUT2D eigenvalue weighted by molar-refractivity contribution is -0.146. The van der Waals surface area contributed by atoms with Gasteiger partial charge in [0.1, 0.15) is 17.4 Å². The van der Waals surface area contributed by atoms with Crippen molar-refractivity contribution in [1.29, 1.82) is 0 Å². The predicted molar refractivity (Wildman–Crippen MR) is 80.5 cm³/mol. The number of nitrogens with zero attached hydrogens (tertiary/aromatic N) is 3. The molecule has 0 fully saturated rings. The number of carbonyl (C=O) groups is 3. The number of aliphatic carboxylic acids is 1. The molecule has 0 aliphatic rings. The van der Waals surface area contributed by atoms with Crippen LogP contribution in [-0.2, 0) is 14.4 Å². The van der Waals surface area contributed by atoms with E-state index < -0.39 is 30.1 Å². The minimum atomic E-state index is -1.03. The summed E-state index contributed by atoms with van der Waals surface area (Å²) in [6.45, 7) is 3.89. The maximum Gasteiger partial charge on any atom is 0.334 e. The number of carbonyl (C=O) groups excluding carboxylic acids is 2. The number of nitrogens with two attached hydrogens (primary N) is 3. The van der Waals surface area contributed by atoms with Gasteiger partial charge >= 0.3 is 18.0 Å². The molecule has 0 aliphatic heterocycles. The van der Waals surface area contributed by atoms with Crippen LogP contribution in [0.15, 0.2) is 5.28 Å². The second-order valence-corrected chi connectivity index (χ2v) is 4.73. The fraction of sp³-hybridized carbons (Fsp3) is 0.727. The van der Waals surface area contributed by atoms with Crippen LogP contribution in [0.25, 0.3) is 10.4 Å². The Morgan fingerprint density at radius 3 is 2.30 bits per heavy atom. The summed E-state index contributed by atoms with van der Waals surface area (Å²) in [6.07, 6.45) is 0.839. The van der Waals surface area contributed by atoms with Crippen molar-refractivity contribution in [3.8, 4) is 0 Å². The van der Waals surface area contributed by atoms with Crippen molar-refractivity contribution in [2.75, 3.05) is 6.54 Å². The molecule has 0 saturated carbocycles. The van der Waals surface area contributed by atoms with E-state index in [2.05, 4.69) is 20.3 Å². The minimum absolute atomic E-state index is 0.0311. The van der Waals surface area contributed by atoms with Crippen molar-refractivity contribution in [1.82, 2.24) is 5.32 Å². The van der Waals surface area contributed by atoms with E-state index in [9.17, 15) is 14.4 Å². The lowest BCUT2D eigenvalue weighted by atomic mass is 10.1. The molecule has 0 rings (SSSR count). The highest BCUT2D eigenvalue weighted by molar-refractivity contribution is 5.75. The first-order valence-electron chi connectivity index (χ1n) is 6.66. The molecule has 132 valence electrons. The number of nitrogens with one attached hydrogen (secondary N) is 1. The van der Waals surface area contributed by atoms with Crippen LogP contribution in [0.4, 0.5) is 4.79 Å². The molecular weight excluding hydrogens is 310 g/mol. The van der Waals surface area contributed by atoms with Crippen LogP contribution in [0.5, 0.6) is 0 Å². The Kier molecular flexibility index (Phi) is 13.0. The summed E-state index contributed by atoms with van der Waals surface area (Å²) >= 11 is 0. The van der Waals surface area contributed by atoms with E-state index >= 15 is 0 Å². The first-order valence-corrected chi connectivity index (χ1v) is 6.66. The number of urea groups is 1. The average molecular weight is 333 g/mol. The third-order valence-electron chi connectivity index (χ3n) is 2.47. The molecule has 12 nitrogen and oxygen atoms in total. The fourth-order valence-electron chi connectivity index (χ4n) is 1.05. The van der Waals surface area contributed by atoms with Gasteiger partial charge in [0.2, 0.25) is 0 Å². The normalized spacial score (nSPS) is 12.0. The van der Waals surface area contributed by atoms with E-state index in [-0.39, 0.29) is 5.92 Å². The first-order chi connectivity index (χ1) is 10.6. The van der Waals surface area contributed by atoms with Crippen molar-refractivity contribution < 1.29 is 24.3 Å². The lowest BCUT2D eigenvalue weighted by Gasteiger charge is -2.10. The summed E-state index contributed by atoms with van der Waals surface area (Å²) in [5.74, 6) is -1.77. The second-order valence-electron chi connectivity index (χ2n) is 4.73. The molecule has 0 spiro atoms. The first kappa shape index (κ1) is 22.7. The van der Waals surface area contributed by atoms with Crippen molar-refractivity contribution in [3.63, 3.8) is 0 Å². The smallest absolute Gasteiger partial charge is 0.334 e. The predicted octanol–water partition coefficient (Wildman–Crippen LogP) is -0.415. The summed E-state index contributed by atoms with van der Waals surface area (Å²) in [4.78, 5) is 37.4. The Labute approximate surface area is 132 Å². The molecule has 0 heterocycles. The number of hydrogen-bond donors (Lipinski definition) is 5. The largest absolute Gasteiger partial charge is 0.480 e. The highest BCUT2D eigenvalue weighted by atomic mass is 16.7. The van der Waals surface area contributed by atoms with E-state index in [0.29, 0.717) is 19.4 Å². The van der Waals surface area contributed by atoms with Crippen LogP contribution in [0, 0.1) is 5.92 Å². The Balaban J connectivity index is 0. The number of carboxylic acid groups (broad SMARTS) is 1. The zero-order valence-electron chi connectivity index (χ0n) is 13.0. The summed E-state index contributed by atoms with van der Waals surface area (Å²) < 4.78 is 0. The van der Waals surface area contributed by atoms with Gasteiger partial charge in [0.05, 0.1) is 0 Å². The highest BCUT2D eigenvalue weighted by Gasteiger charge is 2.18. The van der Waals surface area contributed by atoms with Gasteiger partial charge in [-0.3, -0.25) is 4.79 Å². The van der Waals surface area contributed by atoms with Crippen LogP contribution in [0.2, 0.25) is 0 Å². The fourth-order valence-corrected chi connectivity index (χ4v) is 1.05. The van der Waals surface area contributed by atoms with Crippen molar-refractivity contribution in [2.24, 2.45) is 28.4 Å². The Morgan fingerprint density at radius 1 is 1.35 bits per heavy atom. The molecule has 8 N–H and O–H groups in total. The summed E-state index contributed by atoms with van der Waals surface area (Å²) in [7, 11) is 0. The van der Waals surface area contributed by atoms with Gasteiger partial charge in [-0.25, -0.2) is 9.59 Å². The zero-order chi connectivity index (χ0) is 18.4. The Hall–Kier alpha value is -2.56. The van der Waals surface area contributed by atoms with E-state index in [4.69, 9.17) is 27.8 Å². The average Bonchev–Trinajstić information content (AvgIpc) is 2.48. The van der Waals surface area contributed by atoms with E-state index in [1.165, 1.54) is 0 Å². The van der Waals surface area contributed by atoms with Gasteiger partial charge in [0.25, 0.3) is 0 Å². The van der Waals surface area contributed by atoms with Gasteiger partial charge in [-0.05, 0) is 24.3 Å². The number of carboxylic acids is 1. The Morgan fingerprint density at radius 2 is 1.91 bits per heavy atom.